The quantitative estimate of drug-likeness (QED) is 0.558. The van der Waals surface area contributed by atoms with Crippen LogP contribution >= 0.6 is 0 Å². The van der Waals surface area contributed by atoms with E-state index < -0.39 is 5.97 Å². The normalized spacial score (nSPS) is 38.3. The summed E-state index contributed by atoms with van der Waals surface area (Å²) in [7, 11) is 0. The van der Waals surface area contributed by atoms with Gasteiger partial charge in [0, 0.05) is 19.5 Å². The van der Waals surface area contributed by atoms with E-state index in [9.17, 15) is 14.4 Å². The molecule has 3 aliphatic carbocycles. The Morgan fingerprint density at radius 1 is 1.03 bits per heavy atom. The van der Waals surface area contributed by atoms with Crippen LogP contribution in [0.4, 0.5) is 4.79 Å². The summed E-state index contributed by atoms with van der Waals surface area (Å²) in [5.41, 5.74) is 0.266. The molecule has 3 saturated carbocycles. The van der Waals surface area contributed by atoms with Crippen LogP contribution in [0.5, 0.6) is 0 Å². The number of imide groups is 1. The van der Waals surface area contributed by atoms with Gasteiger partial charge in [0.25, 0.3) is 5.91 Å². The number of carboxylic acid groups (broad SMARTS) is 1. The molecule has 3 atom stereocenters. The van der Waals surface area contributed by atoms with Crippen LogP contribution in [0.25, 0.3) is 0 Å². The maximum Gasteiger partial charge on any atom is 0.328 e. The monoisotopic (exact) mass is 420 g/mol. The molecule has 30 heavy (non-hydrogen) atoms. The Labute approximate surface area is 178 Å². The maximum atomic E-state index is 13.1. The third kappa shape index (κ3) is 3.51. The highest BCUT2D eigenvalue weighted by Crippen LogP contribution is 2.60. The molecule has 5 fully saturated rings. The fraction of sp³-hybridized carbons (Fsp3) is 0.864. The Morgan fingerprint density at radius 3 is 2.23 bits per heavy atom. The minimum Gasteiger partial charge on any atom is -0.481 e. The molecule has 2 bridgehead atoms. The SMILES string of the molecule is CCCN1C(=O)C2NC(C34CCC(CCC(=O)O)(CC3)CC4)NC2N(CCC)C1=O. The van der Waals surface area contributed by atoms with E-state index in [1.54, 1.807) is 0 Å². The number of urea groups is 1. The van der Waals surface area contributed by atoms with E-state index in [0.29, 0.717) is 13.1 Å². The minimum atomic E-state index is -0.703. The number of hydrogen-bond acceptors (Lipinski definition) is 5. The Balaban J connectivity index is 1.49. The van der Waals surface area contributed by atoms with Crippen molar-refractivity contribution in [3.05, 3.63) is 0 Å². The number of hydrogen-bond donors (Lipinski definition) is 3. The highest BCUT2D eigenvalue weighted by atomic mass is 16.4. The van der Waals surface area contributed by atoms with Gasteiger partial charge < -0.3 is 10.0 Å². The lowest BCUT2D eigenvalue weighted by Gasteiger charge is -2.56. The molecule has 3 unspecified atom stereocenters. The molecule has 0 radical (unpaired) electrons. The molecule has 0 aromatic rings. The van der Waals surface area contributed by atoms with Crippen LogP contribution < -0.4 is 10.6 Å². The predicted octanol–water partition coefficient (Wildman–Crippen LogP) is 2.49. The summed E-state index contributed by atoms with van der Waals surface area (Å²) < 4.78 is 0. The van der Waals surface area contributed by atoms with Crippen LogP contribution in [-0.4, -0.2) is 64.3 Å². The number of nitrogens with zero attached hydrogens (tertiary/aromatic N) is 2. The largest absolute Gasteiger partial charge is 0.481 e. The molecule has 8 nitrogen and oxygen atoms in total. The average molecular weight is 421 g/mol. The molecule has 3 N–H and O–H groups in total. The summed E-state index contributed by atoms with van der Waals surface area (Å²) >= 11 is 0. The Hall–Kier alpha value is -1.67. The molecule has 5 aliphatic rings. The summed E-state index contributed by atoms with van der Waals surface area (Å²) in [5, 5.41) is 16.3. The second-order valence-corrected chi connectivity index (χ2v) is 9.91. The lowest BCUT2D eigenvalue weighted by atomic mass is 9.51. The lowest BCUT2D eigenvalue weighted by molar-refractivity contribution is -0.138. The Bertz CT molecular complexity index is 687. The third-order valence-corrected chi connectivity index (χ3v) is 8.20. The highest BCUT2D eigenvalue weighted by Gasteiger charge is 2.58. The first-order chi connectivity index (χ1) is 14.3. The van der Waals surface area contributed by atoms with E-state index in [1.165, 1.54) is 4.90 Å². The molecule has 8 heteroatoms. The summed E-state index contributed by atoms with van der Waals surface area (Å²) in [5.74, 6) is -0.807. The molecule has 0 aromatic carbocycles. The third-order valence-electron chi connectivity index (χ3n) is 8.20. The average Bonchev–Trinajstić information content (AvgIpc) is 3.20. The smallest absolute Gasteiger partial charge is 0.328 e. The van der Waals surface area contributed by atoms with Gasteiger partial charge in [0.15, 0.2) is 0 Å². The van der Waals surface area contributed by atoms with Crippen molar-refractivity contribution in [2.45, 2.75) is 96.4 Å². The summed E-state index contributed by atoms with van der Waals surface area (Å²) in [6.07, 6.45) is 8.70. The van der Waals surface area contributed by atoms with Crippen LogP contribution in [0.1, 0.15) is 78.1 Å². The van der Waals surface area contributed by atoms with Crippen LogP contribution in [0, 0.1) is 10.8 Å². The van der Waals surface area contributed by atoms with E-state index in [1.807, 2.05) is 11.8 Å². The van der Waals surface area contributed by atoms with Crippen molar-refractivity contribution >= 4 is 17.9 Å². The predicted molar refractivity (Wildman–Crippen MR) is 111 cm³/mol. The van der Waals surface area contributed by atoms with Crippen molar-refractivity contribution in [3.8, 4) is 0 Å². The van der Waals surface area contributed by atoms with Gasteiger partial charge in [-0.25, -0.2) is 4.79 Å². The number of fused-ring (bicyclic) bond motifs is 4. The van der Waals surface area contributed by atoms with Gasteiger partial charge in [-0.2, -0.15) is 0 Å². The molecule has 0 spiro atoms. The van der Waals surface area contributed by atoms with Gasteiger partial charge in [-0.15, -0.1) is 0 Å². The van der Waals surface area contributed by atoms with E-state index in [-0.39, 0.29) is 47.6 Å². The van der Waals surface area contributed by atoms with E-state index in [4.69, 9.17) is 5.11 Å². The maximum absolute atomic E-state index is 13.1. The van der Waals surface area contributed by atoms with Crippen molar-refractivity contribution in [2.75, 3.05) is 13.1 Å². The van der Waals surface area contributed by atoms with Crippen LogP contribution in [0.15, 0.2) is 0 Å². The number of carbonyl (C=O) groups is 3. The molecule has 2 heterocycles. The standard InChI is InChI=1S/C22H36N4O4/c1-3-13-25-17-16(18(29)26(14-4-2)20(25)30)23-19(24-17)22-10-7-21(8-11-22,9-12-22)6-5-15(27)28/h16-17,19,23-24H,3-14H2,1-2H3,(H,27,28). The van der Waals surface area contributed by atoms with E-state index in [2.05, 4.69) is 17.6 Å². The van der Waals surface area contributed by atoms with Gasteiger partial charge >= 0.3 is 12.0 Å². The second kappa shape index (κ2) is 8.11. The van der Waals surface area contributed by atoms with Gasteiger partial charge in [0.2, 0.25) is 0 Å². The molecular weight excluding hydrogens is 384 g/mol. The van der Waals surface area contributed by atoms with Crippen molar-refractivity contribution in [1.82, 2.24) is 20.4 Å². The van der Waals surface area contributed by atoms with Gasteiger partial charge in [-0.05, 0) is 68.6 Å². The van der Waals surface area contributed by atoms with Gasteiger partial charge in [-0.3, -0.25) is 25.1 Å². The number of carbonyl (C=O) groups excluding carboxylic acids is 2. The van der Waals surface area contributed by atoms with Crippen molar-refractivity contribution in [3.63, 3.8) is 0 Å². The topological polar surface area (TPSA) is 102 Å². The number of aliphatic carboxylic acids is 1. The molecule has 2 aliphatic heterocycles. The van der Waals surface area contributed by atoms with Gasteiger partial charge in [-0.1, -0.05) is 13.8 Å². The summed E-state index contributed by atoms with van der Waals surface area (Å²) in [6, 6.07) is -0.557. The molecule has 2 saturated heterocycles. The van der Waals surface area contributed by atoms with Crippen LogP contribution in [0.2, 0.25) is 0 Å². The molecule has 5 rings (SSSR count). The number of rotatable bonds is 8. The second-order valence-electron chi connectivity index (χ2n) is 9.91. The molecule has 3 amide bonds. The minimum absolute atomic E-state index is 0.0166. The number of carboxylic acids is 1. The van der Waals surface area contributed by atoms with Crippen LogP contribution in [-0.2, 0) is 9.59 Å². The first-order valence-corrected chi connectivity index (χ1v) is 11.7. The van der Waals surface area contributed by atoms with E-state index in [0.717, 1.165) is 57.8 Å². The number of nitrogens with one attached hydrogen (secondary N) is 2. The first-order valence-electron chi connectivity index (χ1n) is 11.7. The zero-order valence-corrected chi connectivity index (χ0v) is 18.3. The number of amides is 3. The highest BCUT2D eigenvalue weighted by molar-refractivity contribution is 6.00. The van der Waals surface area contributed by atoms with Crippen molar-refractivity contribution in [1.29, 1.82) is 0 Å². The Morgan fingerprint density at radius 2 is 1.67 bits per heavy atom. The fourth-order valence-electron chi connectivity index (χ4n) is 6.33. The van der Waals surface area contributed by atoms with Crippen molar-refractivity contribution < 1.29 is 19.5 Å². The first kappa shape index (κ1) is 21.6. The van der Waals surface area contributed by atoms with E-state index >= 15 is 0 Å². The zero-order valence-electron chi connectivity index (χ0n) is 18.3. The summed E-state index contributed by atoms with van der Waals surface area (Å²) in [4.78, 5) is 40.4. The summed E-state index contributed by atoms with van der Waals surface area (Å²) in [6.45, 7) is 5.14. The molecule has 0 aromatic heterocycles. The van der Waals surface area contributed by atoms with Crippen LogP contribution in [0.3, 0.4) is 0 Å². The lowest BCUT2D eigenvalue weighted by Crippen LogP contribution is -2.67. The van der Waals surface area contributed by atoms with Gasteiger partial charge in [0.05, 0.1) is 6.17 Å². The molecule has 168 valence electrons. The zero-order chi connectivity index (χ0) is 21.5. The van der Waals surface area contributed by atoms with Crippen molar-refractivity contribution in [2.24, 2.45) is 10.8 Å². The molecular formula is C22H36N4O4. The Kier molecular flexibility index (Phi) is 5.83. The fourth-order valence-corrected chi connectivity index (χ4v) is 6.33. The van der Waals surface area contributed by atoms with Gasteiger partial charge in [0.1, 0.15) is 12.2 Å².